The standard InChI is InChI=1S/C15H18N4O6/c1-23-8-6-16-15(22)18-13(20)10-24-14(21)12-4-3-11(25-12)9-19-7-2-5-17-19/h2-5,7H,6,8-10H2,1H3,(H2,16,18,20,22). The molecule has 10 heteroatoms. The molecule has 25 heavy (non-hydrogen) atoms. The van der Waals surface area contributed by atoms with Gasteiger partial charge in [-0.05, 0) is 18.2 Å². The van der Waals surface area contributed by atoms with Gasteiger partial charge in [-0.15, -0.1) is 0 Å². The van der Waals surface area contributed by atoms with Gasteiger partial charge in [-0.3, -0.25) is 14.8 Å². The quantitative estimate of drug-likeness (QED) is 0.513. The molecule has 0 fully saturated rings. The Kier molecular flexibility index (Phi) is 6.72. The molecule has 3 amide bonds. The second kappa shape index (κ2) is 9.23. The van der Waals surface area contributed by atoms with Crippen LogP contribution in [-0.2, 0) is 20.8 Å². The molecule has 2 heterocycles. The number of furan rings is 1. The van der Waals surface area contributed by atoms with Crippen LogP contribution in [0.25, 0.3) is 0 Å². The number of rotatable bonds is 8. The van der Waals surface area contributed by atoms with Gasteiger partial charge in [0, 0.05) is 26.0 Å². The van der Waals surface area contributed by atoms with E-state index in [-0.39, 0.29) is 12.3 Å². The first-order valence-electron chi connectivity index (χ1n) is 7.38. The van der Waals surface area contributed by atoms with Crippen LogP contribution in [0.3, 0.4) is 0 Å². The Hall–Kier alpha value is -3.14. The number of carbonyl (C=O) groups is 3. The van der Waals surface area contributed by atoms with E-state index in [1.807, 2.05) is 5.32 Å². The van der Waals surface area contributed by atoms with E-state index >= 15 is 0 Å². The fourth-order valence-electron chi connectivity index (χ4n) is 1.80. The first-order valence-corrected chi connectivity index (χ1v) is 7.38. The Balaban J connectivity index is 1.73. The molecule has 2 rings (SSSR count). The highest BCUT2D eigenvalue weighted by Crippen LogP contribution is 2.10. The molecule has 0 atom stereocenters. The first kappa shape index (κ1) is 18.2. The van der Waals surface area contributed by atoms with Gasteiger partial charge in [0.2, 0.25) is 5.76 Å². The molecule has 0 aliphatic carbocycles. The third kappa shape index (κ3) is 6.11. The lowest BCUT2D eigenvalue weighted by molar-refractivity contribution is -0.123. The summed E-state index contributed by atoms with van der Waals surface area (Å²) >= 11 is 0. The highest BCUT2D eigenvalue weighted by atomic mass is 16.5. The van der Waals surface area contributed by atoms with Gasteiger partial charge in [-0.25, -0.2) is 9.59 Å². The highest BCUT2D eigenvalue weighted by molar-refractivity contribution is 5.96. The largest absolute Gasteiger partial charge is 0.452 e. The van der Waals surface area contributed by atoms with Gasteiger partial charge in [0.15, 0.2) is 6.61 Å². The molecular formula is C15H18N4O6. The number of aromatic nitrogens is 2. The monoisotopic (exact) mass is 350 g/mol. The minimum atomic E-state index is -0.804. The molecule has 0 saturated carbocycles. The summed E-state index contributed by atoms with van der Waals surface area (Å²) in [6.45, 7) is 0.324. The maximum atomic E-state index is 11.8. The first-order chi connectivity index (χ1) is 12.1. The molecule has 134 valence electrons. The van der Waals surface area contributed by atoms with Gasteiger partial charge in [0.25, 0.3) is 5.91 Å². The summed E-state index contributed by atoms with van der Waals surface area (Å²) < 4.78 is 16.5. The van der Waals surface area contributed by atoms with E-state index in [0.29, 0.717) is 18.9 Å². The minimum Gasteiger partial charge on any atom is -0.452 e. The van der Waals surface area contributed by atoms with E-state index in [1.54, 1.807) is 29.2 Å². The molecule has 0 unspecified atom stereocenters. The van der Waals surface area contributed by atoms with E-state index in [4.69, 9.17) is 13.9 Å². The molecule has 2 aromatic heterocycles. The maximum absolute atomic E-state index is 11.8. The Labute approximate surface area is 143 Å². The number of hydrogen-bond donors (Lipinski definition) is 2. The van der Waals surface area contributed by atoms with Gasteiger partial charge in [-0.2, -0.15) is 5.10 Å². The second-order valence-corrected chi connectivity index (χ2v) is 4.84. The number of amides is 3. The maximum Gasteiger partial charge on any atom is 0.374 e. The molecular weight excluding hydrogens is 332 g/mol. The van der Waals surface area contributed by atoms with Crippen molar-refractivity contribution in [3.8, 4) is 0 Å². The molecule has 0 radical (unpaired) electrons. The molecule has 0 aliphatic rings. The SMILES string of the molecule is COCCNC(=O)NC(=O)COC(=O)c1ccc(Cn2cccn2)o1. The number of hydrogen-bond acceptors (Lipinski definition) is 7. The highest BCUT2D eigenvalue weighted by Gasteiger charge is 2.16. The van der Waals surface area contributed by atoms with Gasteiger partial charge in [-0.1, -0.05) is 0 Å². The molecule has 0 spiro atoms. The predicted octanol–water partition coefficient (Wildman–Crippen LogP) is 0.153. The number of nitrogens with one attached hydrogen (secondary N) is 2. The fourth-order valence-corrected chi connectivity index (χ4v) is 1.80. The van der Waals surface area contributed by atoms with Gasteiger partial charge in [0.1, 0.15) is 5.76 Å². The number of imide groups is 1. The summed E-state index contributed by atoms with van der Waals surface area (Å²) in [6.07, 6.45) is 3.38. The Bertz CT molecular complexity index is 709. The topological polar surface area (TPSA) is 125 Å². The summed E-state index contributed by atoms with van der Waals surface area (Å²) in [5, 5.41) is 8.43. The van der Waals surface area contributed by atoms with Crippen molar-refractivity contribution in [2.24, 2.45) is 0 Å². The molecule has 2 N–H and O–H groups in total. The van der Waals surface area contributed by atoms with Gasteiger partial charge < -0.3 is 19.2 Å². The minimum absolute atomic E-state index is 0.0421. The third-order valence-corrected chi connectivity index (χ3v) is 2.92. The van der Waals surface area contributed by atoms with Crippen molar-refractivity contribution < 1.29 is 28.3 Å². The van der Waals surface area contributed by atoms with Crippen molar-refractivity contribution in [1.29, 1.82) is 0 Å². The number of urea groups is 1. The summed E-state index contributed by atoms with van der Waals surface area (Å²) in [5.74, 6) is -1.09. The zero-order valence-corrected chi connectivity index (χ0v) is 13.6. The number of carbonyl (C=O) groups excluding carboxylic acids is 3. The second-order valence-electron chi connectivity index (χ2n) is 4.84. The summed E-state index contributed by atoms with van der Waals surface area (Å²) in [7, 11) is 1.49. The van der Waals surface area contributed by atoms with E-state index in [9.17, 15) is 14.4 Å². The smallest absolute Gasteiger partial charge is 0.374 e. The van der Waals surface area contributed by atoms with Crippen molar-refractivity contribution in [3.05, 3.63) is 42.1 Å². The molecule has 0 saturated heterocycles. The van der Waals surface area contributed by atoms with Crippen LogP contribution in [0.4, 0.5) is 4.79 Å². The molecule has 0 aromatic carbocycles. The Morgan fingerprint density at radius 1 is 1.32 bits per heavy atom. The van der Waals surface area contributed by atoms with Crippen molar-refractivity contribution in [1.82, 2.24) is 20.4 Å². The fraction of sp³-hybridized carbons (Fsp3) is 0.333. The molecule has 10 nitrogen and oxygen atoms in total. The lowest BCUT2D eigenvalue weighted by Crippen LogP contribution is -2.42. The van der Waals surface area contributed by atoms with E-state index in [2.05, 4.69) is 10.4 Å². The average molecular weight is 350 g/mol. The van der Waals surface area contributed by atoms with Crippen molar-refractivity contribution >= 4 is 17.9 Å². The van der Waals surface area contributed by atoms with Crippen molar-refractivity contribution in [2.45, 2.75) is 6.54 Å². The van der Waals surface area contributed by atoms with Crippen LogP contribution in [0.5, 0.6) is 0 Å². The predicted molar refractivity (Wildman–Crippen MR) is 83.7 cm³/mol. The van der Waals surface area contributed by atoms with Crippen molar-refractivity contribution in [2.75, 3.05) is 26.9 Å². The number of methoxy groups -OCH3 is 1. The Morgan fingerprint density at radius 2 is 2.16 bits per heavy atom. The zero-order chi connectivity index (χ0) is 18.1. The number of esters is 1. The van der Waals surface area contributed by atoms with E-state index in [0.717, 1.165) is 0 Å². The molecule has 2 aromatic rings. The van der Waals surface area contributed by atoms with Gasteiger partial charge in [0.05, 0.1) is 13.2 Å². The van der Waals surface area contributed by atoms with Crippen LogP contribution in [0.2, 0.25) is 0 Å². The van der Waals surface area contributed by atoms with Crippen LogP contribution in [0, 0.1) is 0 Å². The lowest BCUT2D eigenvalue weighted by Gasteiger charge is -2.06. The summed E-state index contributed by atoms with van der Waals surface area (Å²) in [5.41, 5.74) is 0. The molecule has 0 aliphatic heterocycles. The summed E-state index contributed by atoms with van der Waals surface area (Å²) in [4.78, 5) is 34.7. The Morgan fingerprint density at radius 3 is 2.88 bits per heavy atom. The van der Waals surface area contributed by atoms with E-state index < -0.39 is 24.5 Å². The van der Waals surface area contributed by atoms with Crippen molar-refractivity contribution in [3.63, 3.8) is 0 Å². The van der Waals surface area contributed by atoms with Crippen LogP contribution in [-0.4, -0.2) is 54.6 Å². The lowest BCUT2D eigenvalue weighted by atomic mass is 10.4. The van der Waals surface area contributed by atoms with Gasteiger partial charge >= 0.3 is 12.0 Å². The number of nitrogens with zero attached hydrogens (tertiary/aromatic N) is 2. The van der Waals surface area contributed by atoms with Crippen LogP contribution in [0.15, 0.2) is 35.0 Å². The van der Waals surface area contributed by atoms with Crippen LogP contribution in [0.1, 0.15) is 16.3 Å². The third-order valence-electron chi connectivity index (χ3n) is 2.92. The van der Waals surface area contributed by atoms with Crippen LogP contribution >= 0.6 is 0 Å². The molecule has 0 bridgehead atoms. The zero-order valence-electron chi connectivity index (χ0n) is 13.6. The van der Waals surface area contributed by atoms with E-state index in [1.165, 1.54) is 13.2 Å². The normalized spacial score (nSPS) is 10.3. The average Bonchev–Trinajstić information content (AvgIpc) is 3.25. The number of ether oxygens (including phenoxy) is 2. The van der Waals surface area contributed by atoms with Crippen LogP contribution < -0.4 is 10.6 Å². The summed E-state index contributed by atoms with van der Waals surface area (Å²) in [6, 6.07) is 4.12.